The number of hydrogen-bond acceptors (Lipinski definition) is 5. The van der Waals surface area contributed by atoms with E-state index in [0.29, 0.717) is 12.8 Å². The number of rotatable bonds is 7. The molecule has 0 spiro atoms. The average Bonchev–Trinajstić information content (AvgIpc) is 2.96. The summed E-state index contributed by atoms with van der Waals surface area (Å²) >= 11 is 0. The minimum Gasteiger partial charge on any atom is -0.497 e. The SMILES string of the molecule is C=CC1OC(c2ccc(OC)cc2)OC1(C)CCC(=O)N(C)OC. The van der Waals surface area contributed by atoms with Crippen molar-refractivity contribution in [2.24, 2.45) is 0 Å². The van der Waals surface area contributed by atoms with Gasteiger partial charge in [-0.25, -0.2) is 5.06 Å². The highest BCUT2D eigenvalue weighted by Gasteiger charge is 2.45. The van der Waals surface area contributed by atoms with Crippen molar-refractivity contribution in [2.75, 3.05) is 21.3 Å². The molecule has 132 valence electrons. The Bertz CT molecular complexity index is 573. The lowest BCUT2D eigenvalue weighted by atomic mass is 9.93. The van der Waals surface area contributed by atoms with Crippen molar-refractivity contribution in [3.05, 3.63) is 42.5 Å². The number of benzene rings is 1. The van der Waals surface area contributed by atoms with Crippen molar-refractivity contribution in [2.45, 2.75) is 37.8 Å². The van der Waals surface area contributed by atoms with Crippen LogP contribution in [-0.2, 0) is 19.1 Å². The molecule has 0 saturated carbocycles. The molecule has 1 aliphatic rings. The van der Waals surface area contributed by atoms with Gasteiger partial charge in [0.05, 0.1) is 19.8 Å². The summed E-state index contributed by atoms with van der Waals surface area (Å²) in [5.41, 5.74) is 0.267. The van der Waals surface area contributed by atoms with E-state index in [9.17, 15) is 4.79 Å². The molecule has 3 unspecified atom stereocenters. The van der Waals surface area contributed by atoms with E-state index in [-0.39, 0.29) is 12.0 Å². The Labute approximate surface area is 142 Å². The lowest BCUT2D eigenvalue weighted by molar-refractivity contribution is -0.170. The molecule has 0 N–H and O–H groups in total. The summed E-state index contributed by atoms with van der Waals surface area (Å²) < 4.78 is 17.3. The van der Waals surface area contributed by atoms with Crippen LogP contribution < -0.4 is 4.74 Å². The molecule has 0 aromatic heterocycles. The minimum absolute atomic E-state index is 0.113. The van der Waals surface area contributed by atoms with E-state index in [1.165, 1.54) is 12.2 Å². The number of hydroxylamine groups is 2. The Morgan fingerprint density at radius 3 is 2.58 bits per heavy atom. The maximum Gasteiger partial charge on any atom is 0.245 e. The fourth-order valence-electron chi connectivity index (χ4n) is 2.64. The summed E-state index contributed by atoms with van der Waals surface area (Å²) in [5, 5.41) is 1.21. The third-order valence-corrected chi connectivity index (χ3v) is 4.31. The smallest absolute Gasteiger partial charge is 0.245 e. The predicted molar refractivity (Wildman–Crippen MR) is 89.3 cm³/mol. The first-order chi connectivity index (χ1) is 11.4. The molecule has 2 rings (SSSR count). The van der Waals surface area contributed by atoms with Crippen LogP contribution in [0.3, 0.4) is 0 Å². The van der Waals surface area contributed by atoms with E-state index in [1.54, 1.807) is 20.2 Å². The van der Waals surface area contributed by atoms with Crippen LogP contribution in [0.1, 0.15) is 31.6 Å². The van der Waals surface area contributed by atoms with Gasteiger partial charge in [0.15, 0.2) is 6.29 Å². The molecule has 1 aromatic carbocycles. The molecular formula is C18H25NO5. The number of ether oxygens (including phenoxy) is 3. The summed E-state index contributed by atoms with van der Waals surface area (Å²) in [6, 6.07) is 7.52. The van der Waals surface area contributed by atoms with Gasteiger partial charge in [0.25, 0.3) is 0 Å². The number of amides is 1. The largest absolute Gasteiger partial charge is 0.497 e. The highest BCUT2D eigenvalue weighted by Crippen LogP contribution is 2.41. The monoisotopic (exact) mass is 335 g/mol. The Balaban J connectivity index is 2.06. The first kappa shape index (κ1) is 18.4. The third kappa shape index (κ3) is 3.95. The van der Waals surface area contributed by atoms with Crippen molar-refractivity contribution in [1.82, 2.24) is 5.06 Å². The Morgan fingerprint density at radius 1 is 1.38 bits per heavy atom. The Hall–Kier alpha value is -1.89. The molecule has 0 radical (unpaired) electrons. The molecule has 1 heterocycles. The summed E-state index contributed by atoms with van der Waals surface area (Å²) in [6.07, 6.45) is 1.71. The molecule has 1 aliphatic heterocycles. The summed E-state index contributed by atoms with van der Waals surface area (Å²) in [4.78, 5) is 16.9. The van der Waals surface area contributed by atoms with Crippen LogP contribution in [0.5, 0.6) is 5.75 Å². The highest BCUT2D eigenvalue weighted by atomic mass is 16.7. The second-order valence-electron chi connectivity index (χ2n) is 5.90. The van der Waals surface area contributed by atoms with Crippen LogP contribution in [0.4, 0.5) is 0 Å². The van der Waals surface area contributed by atoms with Gasteiger partial charge in [0.1, 0.15) is 11.9 Å². The number of carbonyl (C=O) groups excluding carboxylic acids is 1. The van der Waals surface area contributed by atoms with Crippen molar-refractivity contribution in [1.29, 1.82) is 0 Å². The first-order valence-corrected chi connectivity index (χ1v) is 7.84. The maximum absolute atomic E-state index is 12.0. The molecule has 3 atom stereocenters. The maximum atomic E-state index is 12.0. The molecule has 0 aliphatic carbocycles. The zero-order valence-electron chi connectivity index (χ0n) is 14.7. The number of nitrogens with zero attached hydrogens (tertiary/aromatic N) is 1. The van der Waals surface area contributed by atoms with Gasteiger partial charge in [-0.15, -0.1) is 6.58 Å². The molecule has 6 nitrogen and oxygen atoms in total. The van der Waals surface area contributed by atoms with Crippen LogP contribution in [0.15, 0.2) is 36.9 Å². The van der Waals surface area contributed by atoms with E-state index in [1.807, 2.05) is 31.2 Å². The zero-order chi connectivity index (χ0) is 17.7. The fourth-order valence-corrected chi connectivity index (χ4v) is 2.64. The quantitative estimate of drug-likeness (QED) is 0.566. The second kappa shape index (κ2) is 7.79. The fraction of sp³-hybridized carbons (Fsp3) is 0.500. The van der Waals surface area contributed by atoms with E-state index >= 15 is 0 Å². The lowest BCUT2D eigenvalue weighted by Crippen LogP contribution is -2.37. The van der Waals surface area contributed by atoms with Crippen LogP contribution in [0.2, 0.25) is 0 Å². The Kier molecular flexibility index (Phi) is 5.99. The topological polar surface area (TPSA) is 57.2 Å². The molecule has 1 amide bonds. The summed E-state index contributed by atoms with van der Waals surface area (Å²) in [5.74, 6) is 0.658. The summed E-state index contributed by atoms with van der Waals surface area (Å²) in [6.45, 7) is 5.76. The average molecular weight is 335 g/mol. The van der Waals surface area contributed by atoms with E-state index in [0.717, 1.165) is 11.3 Å². The van der Waals surface area contributed by atoms with E-state index in [2.05, 4.69) is 6.58 Å². The Morgan fingerprint density at radius 2 is 2.04 bits per heavy atom. The van der Waals surface area contributed by atoms with Crippen LogP contribution in [-0.4, -0.2) is 43.9 Å². The van der Waals surface area contributed by atoms with Gasteiger partial charge in [0, 0.05) is 19.0 Å². The number of methoxy groups -OCH3 is 1. The lowest BCUT2D eigenvalue weighted by Gasteiger charge is -2.27. The van der Waals surface area contributed by atoms with Crippen LogP contribution >= 0.6 is 0 Å². The van der Waals surface area contributed by atoms with Gasteiger partial charge in [-0.3, -0.25) is 9.63 Å². The molecular weight excluding hydrogens is 310 g/mol. The van der Waals surface area contributed by atoms with Crippen molar-refractivity contribution in [3.63, 3.8) is 0 Å². The number of carbonyl (C=O) groups is 1. The zero-order valence-corrected chi connectivity index (χ0v) is 14.7. The molecule has 24 heavy (non-hydrogen) atoms. The van der Waals surface area contributed by atoms with Crippen LogP contribution in [0, 0.1) is 0 Å². The van der Waals surface area contributed by atoms with E-state index < -0.39 is 11.9 Å². The van der Waals surface area contributed by atoms with E-state index in [4.69, 9.17) is 19.0 Å². The molecule has 1 aromatic rings. The first-order valence-electron chi connectivity index (χ1n) is 7.84. The molecule has 6 heteroatoms. The van der Waals surface area contributed by atoms with Gasteiger partial charge in [0.2, 0.25) is 5.91 Å². The van der Waals surface area contributed by atoms with Crippen molar-refractivity contribution >= 4 is 5.91 Å². The van der Waals surface area contributed by atoms with Gasteiger partial charge in [-0.2, -0.15) is 0 Å². The summed E-state index contributed by atoms with van der Waals surface area (Å²) in [7, 11) is 4.67. The van der Waals surface area contributed by atoms with Crippen molar-refractivity contribution in [3.8, 4) is 5.75 Å². The van der Waals surface area contributed by atoms with Gasteiger partial charge >= 0.3 is 0 Å². The van der Waals surface area contributed by atoms with Gasteiger partial charge in [-0.1, -0.05) is 18.2 Å². The number of hydrogen-bond donors (Lipinski definition) is 0. The molecule has 1 fully saturated rings. The predicted octanol–water partition coefficient (Wildman–Crippen LogP) is 2.85. The van der Waals surface area contributed by atoms with Gasteiger partial charge in [-0.05, 0) is 25.5 Å². The van der Waals surface area contributed by atoms with Crippen LogP contribution in [0.25, 0.3) is 0 Å². The second-order valence-corrected chi connectivity index (χ2v) is 5.90. The third-order valence-electron chi connectivity index (χ3n) is 4.31. The minimum atomic E-state index is -0.628. The normalized spacial score (nSPS) is 26.2. The van der Waals surface area contributed by atoms with Crippen molar-refractivity contribution < 1.29 is 23.8 Å². The molecule has 1 saturated heterocycles. The highest BCUT2D eigenvalue weighted by molar-refractivity contribution is 5.74. The molecule has 0 bridgehead atoms. The standard InChI is InChI=1S/C18H25NO5/c1-6-15-18(2,12-11-16(20)19(3)22-5)24-17(23-15)13-7-9-14(21-4)10-8-13/h6-10,15,17H,1,11-12H2,2-5H3. The van der Waals surface area contributed by atoms with Gasteiger partial charge < -0.3 is 14.2 Å².